The molecule has 1 atom stereocenters. The second kappa shape index (κ2) is 7.55. The zero-order valence-corrected chi connectivity index (χ0v) is 15.2. The molecule has 25 heavy (non-hydrogen) atoms. The summed E-state index contributed by atoms with van der Waals surface area (Å²) in [5.41, 5.74) is 2.85. The third kappa shape index (κ3) is 4.81. The summed E-state index contributed by atoms with van der Waals surface area (Å²) in [5.74, 6) is 1.71. The summed E-state index contributed by atoms with van der Waals surface area (Å²) in [5, 5.41) is 7.59. The van der Waals surface area contributed by atoms with Gasteiger partial charge in [-0.25, -0.2) is 13.1 Å². The molecule has 1 aromatic heterocycles. The maximum Gasteiger partial charge on any atom is 0.209 e. The van der Waals surface area contributed by atoms with Crippen LogP contribution in [0.25, 0.3) is 0 Å². The lowest BCUT2D eigenvalue weighted by Gasteiger charge is -2.23. The lowest BCUT2D eigenvalue weighted by molar-refractivity contribution is 0.351. The average Bonchev–Trinajstić information content (AvgIpc) is 3.00. The number of rotatable bonds is 7. The van der Waals surface area contributed by atoms with Gasteiger partial charge in [0.15, 0.2) is 0 Å². The zero-order valence-electron chi connectivity index (χ0n) is 14.4. The lowest BCUT2D eigenvalue weighted by atomic mass is 9.92. The Morgan fingerprint density at radius 1 is 1.36 bits per heavy atom. The predicted molar refractivity (Wildman–Crippen MR) is 93.8 cm³/mol. The van der Waals surface area contributed by atoms with Crippen molar-refractivity contribution in [2.24, 2.45) is 0 Å². The van der Waals surface area contributed by atoms with Crippen molar-refractivity contribution in [2.75, 3.05) is 13.4 Å². The number of nitrogens with one attached hydrogen (secondary N) is 2. The molecule has 2 aromatic rings. The van der Waals surface area contributed by atoms with Crippen molar-refractivity contribution in [2.45, 2.75) is 38.4 Å². The molecule has 1 heterocycles. The summed E-state index contributed by atoms with van der Waals surface area (Å²) in [6.45, 7) is 0.916. The lowest BCUT2D eigenvalue weighted by Crippen LogP contribution is -2.34. The second-order valence-corrected chi connectivity index (χ2v) is 8.13. The fraction of sp³-hybridized carbons (Fsp3) is 0.471. The molecule has 0 spiro atoms. The molecule has 0 radical (unpaired) electrons. The molecule has 0 fully saturated rings. The Labute approximate surface area is 147 Å². The van der Waals surface area contributed by atoms with Gasteiger partial charge in [0.1, 0.15) is 17.2 Å². The Bertz CT molecular complexity index is 832. The van der Waals surface area contributed by atoms with Gasteiger partial charge in [-0.2, -0.15) is 0 Å². The Morgan fingerprint density at radius 3 is 2.96 bits per heavy atom. The van der Waals surface area contributed by atoms with E-state index in [0.717, 1.165) is 54.7 Å². The van der Waals surface area contributed by atoms with E-state index in [-0.39, 0.29) is 6.54 Å². The van der Waals surface area contributed by atoms with Crippen molar-refractivity contribution in [3.63, 3.8) is 0 Å². The highest BCUT2D eigenvalue weighted by molar-refractivity contribution is 7.88. The number of fused-ring (bicyclic) bond motifs is 1. The maximum atomic E-state index is 11.3. The van der Waals surface area contributed by atoms with Crippen LogP contribution in [0.4, 0.5) is 0 Å². The highest BCUT2D eigenvalue weighted by Gasteiger charge is 2.25. The Morgan fingerprint density at radius 2 is 2.20 bits per heavy atom. The Kier molecular flexibility index (Phi) is 5.41. The summed E-state index contributed by atoms with van der Waals surface area (Å²) in [6, 6.07) is 8.28. The van der Waals surface area contributed by atoms with Crippen LogP contribution >= 0.6 is 0 Å². The van der Waals surface area contributed by atoms with E-state index in [0.29, 0.717) is 11.7 Å². The molecule has 1 aliphatic rings. The van der Waals surface area contributed by atoms with E-state index in [1.165, 1.54) is 0 Å². The van der Waals surface area contributed by atoms with Gasteiger partial charge in [0.2, 0.25) is 10.0 Å². The molecular formula is C17H23N3O4S. The Balaban J connectivity index is 1.61. The van der Waals surface area contributed by atoms with E-state index in [9.17, 15) is 8.42 Å². The normalized spacial score (nSPS) is 17.3. The second-order valence-electron chi connectivity index (χ2n) is 6.30. The third-order valence-corrected chi connectivity index (χ3v) is 5.02. The van der Waals surface area contributed by atoms with E-state index in [1.807, 2.05) is 18.2 Å². The zero-order chi connectivity index (χ0) is 17.9. The molecule has 1 aromatic carbocycles. The molecule has 0 saturated heterocycles. The number of aromatic nitrogens is 1. The minimum atomic E-state index is -3.25. The molecule has 8 heteroatoms. The fourth-order valence-corrected chi connectivity index (χ4v) is 3.42. The third-order valence-electron chi connectivity index (χ3n) is 4.35. The SMILES string of the molecule is COc1cccc(CNC2CCc3onc(CNS(C)(=O)=O)c3C2)c1. The number of ether oxygens (including phenoxy) is 1. The number of aryl methyl sites for hydroxylation is 1. The van der Waals surface area contributed by atoms with Crippen molar-refractivity contribution in [1.82, 2.24) is 15.2 Å². The number of benzene rings is 1. The highest BCUT2D eigenvalue weighted by atomic mass is 32.2. The topological polar surface area (TPSA) is 93.5 Å². The van der Waals surface area contributed by atoms with Crippen molar-refractivity contribution < 1.29 is 17.7 Å². The Hall–Kier alpha value is -1.90. The van der Waals surface area contributed by atoms with Gasteiger partial charge in [0.05, 0.1) is 19.9 Å². The van der Waals surface area contributed by atoms with Crippen LogP contribution in [0.5, 0.6) is 5.75 Å². The minimum Gasteiger partial charge on any atom is -0.497 e. The monoisotopic (exact) mass is 365 g/mol. The largest absolute Gasteiger partial charge is 0.497 e. The molecule has 0 saturated carbocycles. The van der Waals surface area contributed by atoms with Crippen LogP contribution in [0.1, 0.15) is 29.0 Å². The van der Waals surface area contributed by atoms with Crippen LogP contribution in [-0.2, 0) is 36.0 Å². The molecule has 1 unspecified atom stereocenters. The van der Waals surface area contributed by atoms with Gasteiger partial charge in [-0.3, -0.25) is 0 Å². The standard InChI is InChI=1S/C17H23N3O4S/c1-23-14-5-3-4-12(8-14)10-18-13-6-7-17-15(9-13)16(20-24-17)11-19-25(2,21)22/h3-5,8,13,18-19H,6-7,9-11H2,1-2H3. The van der Waals surface area contributed by atoms with Crippen LogP contribution in [0.3, 0.4) is 0 Å². The van der Waals surface area contributed by atoms with Gasteiger partial charge in [-0.05, 0) is 30.5 Å². The summed E-state index contributed by atoms with van der Waals surface area (Å²) < 4.78 is 35.6. The molecule has 0 aliphatic heterocycles. The van der Waals surface area contributed by atoms with E-state index in [4.69, 9.17) is 9.26 Å². The molecule has 0 bridgehead atoms. The van der Waals surface area contributed by atoms with Crippen LogP contribution in [0, 0.1) is 0 Å². The van der Waals surface area contributed by atoms with Gasteiger partial charge in [0.25, 0.3) is 0 Å². The summed E-state index contributed by atoms with van der Waals surface area (Å²) >= 11 is 0. The van der Waals surface area contributed by atoms with Crippen LogP contribution in [0.15, 0.2) is 28.8 Å². The molecular weight excluding hydrogens is 342 g/mol. The predicted octanol–water partition coefficient (Wildman–Crippen LogP) is 1.38. The maximum absolute atomic E-state index is 11.3. The van der Waals surface area contributed by atoms with Gasteiger partial charge >= 0.3 is 0 Å². The molecule has 2 N–H and O–H groups in total. The quantitative estimate of drug-likeness (QED) is 0.770. The van der Waals surface area contributed by atoms with Crippen molar-refractivity contribution in [3.8, 4) is 5.75 Å². The molecule has 136 valence electrons. The number of sulfonamides is 1. The molecule has 0 amide bonds. The van der Waals surface area contributed by atoms with Crippen molar-refractivity contribution in [3.05, 3.63) is 46.8 Å². The van der Waals surface area contributed by atoms with E-state index >= 15 is 0 Å². The van der Waals surface area contributed by atoms with Gasteiger partial charge in [-0.1, -0.05) is 17.3 Å². The van der Waals surface area contributed by atoms with Crippen molar-refractivity contribution >= 4 is 10.0 Å². The first-order valence-corrected chi connectivity index (χ1v) is 10.1. The van der Waals surface area contributed by atoms with Crippen LogP contribution in [-0.4, -0.2) is 33.0 Å². The number of nitrogens with zero attached hydrogens (tertiary/aromatic N) is 1. The summed E-state index contributed by atoms with van der Waals surface area (Å²) in [6.07, 6.45) is 3.68. The van der Waals surface area contributed by atoms with E-state index in [2.05, 4.69) is 21.3 Å². The minimum absolute atomic E-state index is 0.167. The van der Waals surface area contributed by atoms with Gasteiger partial charge in [-0.15, -0.1) is 0 Å². The number of hydrogen-bond donors (Lipinski definition) is 2. The number of hydrogen-bond acceptors (Lipinski definition) is 6. The summed E-state index contributed by atoms with van der Waals surface area (Å²) in [7, 11) is -1.59. The first-order valence-electron chi connectivity index (χ1n) is 8.22. The van der Waals surface area contributed by atoms with Gasteiger partial charge < -0.3 is 14.6 Å². The van der Waals surface area contributed by atoms with E-state index < -0.39 is 10.0 Å². The number of methoxy groups -OCH3 is 1. The first kappa shape index (κ1) is 17.9. The first-order chi connectivity index (χ1) is 11.9. The van der Waals surface area contributed by atoms with Crippen molar-refractivity contribution in [1.29, 1.82) is 0 Å². The van der Waals surface area contributed by atoms with Gasteiger partial charge in [0, 0.05) is 24.6 Å². The average molecular weight is 365 g/mol. The molecule has 1 aliphatic carbocycles. The van der Waals surface area contributed by atoms with Crippen LogP contribution < -0.4 is 14.8 Å². The summed E-state index contributed by atoms with van der Waals surface area (Å²) in [4.78, 5) is 0. The molecule has 7 nitrogen and oxygen atoms in total. The van der Waals surface area contributed by atoms with Crippen LogP contribution in [0.2, 0.25) is 0 Å². The highest BCUT2D eigenvalue weighted by Crippen LogP contribution is 2.25. The van der Waals surface area contributed by atoms with E-state index in [1.54, 1.807) is 7.11 Å². The smallest absolute Gasteiger partial charge is 0.209 e. The fourth-order valence-electron chi connectivity index (χ4n) is 3.02. The molecule has 3 rings (SSSR count).